The number of fused-ring (bicyclic) bond motifs is 1. The molecule has 1 saturated heterocycles. The van der Waals surface area contributed by atoms with Crippen LogP contribution >= 0.6 is 0 Å². The van der Waals surface area contributed by atoms with Crippen molar-refractivity contribution in [1.82, 2.24) is 9.78 Å². The quantitative estimate of drug-likeness (QED) is 0.753. The van der Waals surface area contributed by atoms with E-state index in [1.807, 2.05) is 27.7 Å². The Bertz CT molecular complexity index is 1040. The zero-order valence-corrected chi connectivity index (χ0v) is 15.8. The molecule has 0 spiro atoms. The number of benzene rings is 1. The summed E-state index contributed by atoms with van der Waals surface area (Å²) in [7, 11) is -0.865. The van der Waals surface area contributed by atoms with Gasteiger partial charge < -0.3 is 14.0 Å². The van der Waals surface area contributed by atoms with Gasteiger partial charge in [-0.3, -0.25) is 4.68 Å². The van der Waals surface area contributed by atoms with Crippen LogP contribution in [0.1, 0.15) is 55.3 Å². The lowest BCUT2D eigenvalue weighted by Gasteiger charge is -2.32. The van der Waals surface area contributed by atoms with Crippen molar-refractivity contribution in [2.24, 2.45) is 0 Å². The Balaban J connectivity index is 1.88. The van der Waals surface area contributed by atoms with Crippen LogP contribution in [0.4, 0.5) is 4.39 Å². The van der Waals surface area contributed by atoms with Gasteiger partial charge >= 0.3 is 7.12 Å². The van der Waals surface area contributed by atoms with E-state index in [0.29, 0.717) is 22.4 Å². The SMILES string of the molecule is [2H]C([2H])([2H])C1(C([2H])([2H])[2H])Cn2nc(-c3ccc(F)cc3)c(B3OC(C)(C)C(C)(C)O3)c2CO1. The average Bonchev–Trinajstić information content (AvgIpc) is 3.13. The Morgan fingerprint density at radius 1 is 1.11 bits per heavy atom. The number of halogens is 1. The summed E-state index contributed by atoms with van der Waals surface area (Å²) in [5.74, 6) is -0.424. The Hall–Kier alpha value is -1.70. The van der Waals surface area contributed by atoms with Gasteiger partial charge in [-0.2, -0.15) is 5.10 Å². The summed E-state index contributed by atoms with van der Waals surface area (Å²) in [5.41, 5.74) is -1.85. The average molecular weight is 378 g/mol. The Labute approximate surface area is 168 Å². The highest BCUT2D eigenvalue weighted by molar-refractivity contribution is 6.64. The second kappa shape index (κ2) is 5.90. The second-order valence-electron chi connectivity index (χ2n) is 8.08. The monoisotopic (exact) mass is 378 g/mol. The standard InChI is InChI=1S/C20H26BFN2O3/c1-18(2)12-24-15(11-25-18)16(21-26-19(3,4)20(5,6)27-21)17(23-24)13-7-9-14(22)10-8-13/h7-10H,11-12H2,1-6H3/i1D3,2D3. The molecule has 7 heteroatoms. The van der Waals surface area contributed by atoms with Crippen LogP contribution in [-0.4, -0.2) is 33.7 Å². The summed E-state index contributed by atoms with van der Waals surface area (Å²) >= 11 is 0. The van der Waals surface area contributed by atoms with E-state index in [-0.39, 0.29) is 6.61 Å². The van der Waals surface area contributed by atoms with Crippen molar-refractivity contribution in [3.63, 3.8) is 0 Å². The summed E-state index contributed by atoms with van der Waals surface area (Å²) in [5, 5.41) is 4.57. The molecule has 1 fully saturated rings. The first-order chi connectivity index (χ1) is 15.0. The van der Waals surface area contributed by atoms with E-state index in [2.05, 4.69) is 5.10 Å². The van der Waals surface area contributed by atoms with Crippen molar-refractivity contribution in [3.8, 4) is 11.3 Å². The van der Waals surface area contributed by atoms with E-state index in [4.69, 9.17) is 22.3 Å². The number of nitrogens with zero attached hydrogens (tertiary/aromatic N) is 2. The third kappa shape index (κ3) is 3.11. The second-order valence-corrected chi connectivity index (χ2v) is 8.08. The van der Waals surface area contributed by atoms with Crippen LogP contribution in [0.15, 0.2) is 24.3 Å². The topological polar surface area (TPSA) is 45.5 Å². The van der Waals surface area contributed by atoms with Crippen LogP contribution in [0.3, 0.4) is 0 Å². The molecule has 1 aromatic carbocycles. The van der Waals surface area contributed by atoms with Crippen LogP contribution in [0.5, 0.6) is 0 Å². The first kappa shape index (κ1) is 12.7. The molecule has 0 atom stereocenters. The first-order valence-corrected chi connectivity index (χ1v) is 8.84. The molecule has 3 heterocycles. The molecular formula is C20H26BFN2O3. The molecule has 4 rings (SSSR count). The minimum absolute atomic E-state index is 0.315. The molecule has 27 heavy (non-hydrogen) atoms. The molecular weight excluding hydrogens is 346 g/mol. The summed E-state index contributed by atoms with van der Waals surface area (Å²) in [6, 6.07) is 5.65. The summed E-state index contributed by atoms with van der Waals surface area (Å²) in [4.78, 5) is 0. The van der Waals surface area contributed by atoms with Crippen molar-refractivity contribution in [1.29, 1.82) is 0 Å². The van der Waals surface area contributed by atoms with Crippen LogP contribution < -0.4 is 5.46 Å². The third-order valence-corrected chi connectivity index (χ3v) is 5.53. The summed E-state index contributed by atoms with van der Waals surface area (Å²) in [6.07, 6.45) is 0. The zero-order chi connectivity index (χ0) is 24.6. The van der Waals surface area contributed by atoms with Gasteiger partial charge in [0.15, 0.2) is 0 Å². The fourth-order valence-corrected chi connectivity index (χ4v) is 3.27. The predicted molar refractivity (Wildman–Crippen MR) is 102 cm³/mol. The number of aromatic nitrogens is 2. The van der Waals surface area contributed by atoms with Gasteiger partial charge in [-0.1, -0.05) is 0 Å². The lowest BCUT2D eigenvalue weighted by molar-refractivity contribution is -0.0656. The van der Waals surface area contributed by atoms with Gasteiger partial charge in [0.2, 0.25) is 0 Å². The minimum Gasteiger partial charge on any atom is -0.399 e. The van der Waals surface area contributed by atoms with Gasteiger partial charge in [0, 0.05) is 19.3 Å². The number of rotatable bonds is 2. The highest BCUT2D eigenvalue weighted by Gasteiger charge is 2.54. The van der Waals surface area contributed by atoms with E-state index in [0.717, 1.165) is 0 Å². The van der Waals surface area contributed by atoms with Crippen molar-refractivity contribution in [2.45, 2.75) is 71.4 Å². The smallest absolute Gasteiger partial charge is 0.399 e. The van der Waals surface area contributed by atoms with Crippen molar-refractivity contribution in [3.05, 3.63) is 35.8 Å². The largest absolute Gasteiger partial charge is 0.499 e. The molecule has 1 aromatic heterocycles. The van der Waals surface area contributed by atoms with Gasteiger partial charge in [0.1, 0.15) is 5.82 Å². The minimum atomic E-state index is -2.93. The molecule has 0 N–H and O–H groups in total. The van der Waals surface area contributed by atoms with Crippen LogP contribution in [-0.2, 0) is 27.2 Å². The molecule has 0 bridgehead atoms. The predicted octanol–water partition coefficient (Wildman–Crippen LogP) is 3.30. The highest BCUT2D eigenvalue weighted by Crippen LogP contribution is 2.38. The Kier molecular flexibility index (Phi) is 2.78. The maximum absolute atomic E-state index is 13.6. The van der Waals surface area contributed by atoms with Crippen molar-refractivity contribution < 1.29 is 26.7 Å². The lowest BCUT2D eigenvalue weighted by atomic mass is 9.75. The number of ether oxygens (including phenoxy) is 1. The maximum atomic E-state index is 13.6. The summed E-state index contributed by atoms with van der Waals surface area (Å²) < 4.78 is 80.4. The molecule has 2 aliphatic rings. The van der Waals surface area contributed by atoms with Crippen LogP contribution in [0.2, 0.25) is 0 Å². The molecule has 0 unspecified atom stereocenters. The van der Waals surface area contributed by atoms with Gasteiger partial charge in [-0.15, -0.1) is 0 Å². The Morgan fingerprint density at radius 2 is 1.74 bits per heavy atom. The van der Waals surface area contributed by atoms with Crippen molar-refractivity contribution in [2.75, 3.05) is 0 Å². The molecule has 0 saturated carbocycles. The van der Waals surface area contributed by atoms with Gasteiger partial charge in [-0.05, 0) is 65.7 Å². The fourth-order valence-electron chi connectivity index (χ4n) is 3.27. The molecule has 0 amide bonds. The molecule has 2 aromatic rings. The van der Waals surface area contributed by atoms with Crippen molar-refractivity contribution >= 4 is 12.6 Å². The van der Waals surface area contributed by atoms with Gasteiger partial charge in [-0.25, -0.2) is 4.39 Å². The normalized spacial score (nSPS) is 26.9. The number of hydrogen-bond acceptors (Lipinski definition) is 4. The molecule has 0 aliphatic carbocycles. The van der Waals surface area contributed by atoms with Gasteiger partial charge in [0.05, 0.1) is 41.3 Å². The summed E-state index contributed by atoms with van der Waals surface area (Å²) in [6.45, 7) is 0.894. The molecule has 144 valence electrons. The van der Waals surface area contributed by atoms with Crippen LogP contribution in [0.25, 0.3) is 11.3 Å². The highest BCUT2D eigenvalue weighted by atomic mass is 19.1. The van der Waals surface area contributed by atoms with Crippen LogP contribution in [0, 0.1) is 5.82 Å². The molecule has 0 radical (unpaired) electrons. The number of hydrogen-bond donors (Lipinski definition) is 0. The molecule has 5 nitrogen and oxygen atoms in total. The van der Waals surface area contributed by atoms with E-state index < -0.39 is 50.0 Å². The third-order valence-electron chi connectivity index (χ3n) is 5.53. The van der Waals surface area contributed by atoms with E-state index in [1.165, 1.54) is 16.8 Å². The maximum Gasteiger partial charge on any atom is 0.499 e. The Morgan fingerprint density at radius 3 is 2.33 bits per heavy atom. The van der Waals surface area contributed by atoms with Gasteiger partial charge in [0.25, 0.3) is 0 Å². The first-order valence-electron chi connectivity index (χ1n) is 11.8. The van der Waals surface area contributed by atoms with E-state index in [9.17, 15) is 4.39 Å². The lowest BCUT2D eigenvalue weighted by Crippen LogP contribution is -2.42. The molecule has 2 aliphatic heterocycles. The fraction of sp³-hybridized carbons (Fsp3) is 0.550. The zero-order valence-electron chi connectivity index (χ0n) is 21.8. The van der Waals surface area contributed by atoms with E-state index in [1.54, 1.807) is 12.1 Å². The van der Waals surface area contributed by atoms with E-state index >= 15 is 0 Å².